The Balaban J connectivity index is 1.80. The first kappa shape index (κ1) is 16.8. The van der Waals surface area contributed by atoms with E-state index in [0.29, 0.717) is 10.1 Å². The molecule has 1 aliphatic rings. The van der Waals surface area contributed by atoms with Crippen LogP contribution in [0.4, 0.5) is 5.69 Å². The van der Waals surface area contributed by atoms with Gasteiger partial charge in [0.2, 0.25) is 0 Å². The summed E-state index contributed by atoms with van der Waals surface area (Å²) in [6.45, 7) is 0. The fraction of sp³-hybridized carbons (Fsp3) is 0.0588. The Bertz CT molecular complexity index is 847. The molecule has 1 fully saturated rings. The second-order valence-electron chi connectivity index (χ2n) is 4.89. The number of rotatable bonds is 3. The van der Waals surface area contributed by atoms with Crippen molar-refractivity contribution in [3.63, 3.8) is 0 Å². The lowest BCUT2D eigenvalue weighted by molar-refractivity contribution is -0.115. The number of halogens is 1. The van der Waals surface area contributed by atoms with E-state index < -0.39 is 0 Å². The molecule has 2 N–H and O–H groups in total. The molecule has 24 heavy (non-hydrogen) atoms. The van der Waals surface area contributed by atoms with Crippen LogP contribution in [-0.4, -0.2) is 23.3 Å². The number of amidine groups is 1. The van der Waals surface area contributed by atoms with Crippen LogP contribution in [0.25, 0.3) is 6.08 Å². The molecule has 122 valence electrons. The van der Waals surface area contributed by atoms with Crippen molar-refractivity contribution in [1.29, 1.82) is 0 Å². The number of hydrogen-bond donors (Lipinski definition) is 2. The molecule has 0 spiro atoms. The van der Waals surface area contributed by atoms with Gasteiger partial charge in [-0.3, -0.25) is 4.79 Å². The van der Waals surface area contributed by atoms with E-state index in [4.69, 9.17) is 4.74 Å². The number of aliphatic imine (C=N–C) groups is 1. The van der Waals surface area contributed by atoms with Gasteiger partial charge in [0, 0.05) is 0 Å². The van der Waals surface area contributed by atoms with Gasteiger partial charge in [-0.25, -0.2) is 4.99 Å². The Hall–Kier alpha value is -2.00. The van der Waals surface area contributed by atoms with E-state index in [1.54, 1.807) is 25.3 Å². The topological polar surface area (TPSA) is 70.9 Å². The number of nitrogens with zero attached hydrogens (tertiary/aromatic N) is 1. The van der Waals surface area contributed by atoms with Crippen LogP contribution in [0.1, 0.15) is 5.56 Å². The molecule has 2 aromatic carbocycles. The first-order valence-corrected chi connectivity index (χ1v) is 8.87. The molecule has 0 aliphatic carbocycles. The quantitative estimate of drug-likeness (QED) is 0.548. The van der Waals surface area contributed by atoms with Crippen molar-refractivity contribution >= 4 is 57.2 Å². The van der Waals surface area contributed by atoms with Crippen LogP contribution in [0.3, 0.4) is 0 Å². The van der Waals surface area contributed by atoms with Gasteiger partial charge in [-0.2, -0.15) is 0 Å². The summed E-state index contributed by atoms with van der Waals surface area (Å²) in [7, 11) is 1.61. The zero-order chi connectivity index (χ0) is 17.1. The number of carbonyl (C=O) groups excluding carboxylic acids is 1. The monoisotopic (exact) mass is 452 g/mol. The van der Waals surface area contributed by atoms with Gasteiger partial charge in [-0.1, -0.05) is 6.07 Å². The number of nitrogens with one attached hydrogen (secondary N) is 1. The van der Waals surface area contributed by atoms with Gasteiger partial charge in [0.15, 0.2) is 5.17 Å². The Kier molecular flexibility index (Phi) is 5.10. The molecule has 5 nitrogen and oxygen atoms in total. The third-order valence-electron chi connectivity index (χ3n) is 3.22. The SMILES string of the molecule is COc1ccc(N=C2NC(=O)/C(=C\c3ccc(O)c(I)c3)S2)cc1. The van der Waals surface area contributed by atoms with Gasteiger partial charge in [0.1, 0.15) is 11.5 Å². The van der Waals surface area contributed by atoms with Gasteiger partial charge >= 0.3 is 0 Å². The third kappa shape index (κ3) is 3.90. The maximum atomic E-state index is 12.1. The van der Waals surface area contributed by atoms with Gasteiger partial charge in [-0.15, -0.1) is 0 Å². The van der Waals surface area contributed by atoms with Crippen molar-refractivity contribution in [2.75, 3.05) is 7.11 Å². The van der Waals surface area contributed by atoms with E-state index in [1.165, 1.54) is 11.8 Å². The second-order valence-corrected chi connectivity index (χ2v) is 7.08. The lowest BCUT2D eigenvalue weighted by atomic mass is 10.2. The maximum absolute atomic E-state index is 12.1. The number of amides is 1. The number of aromatic hydroxyl groups is 1. The molecule has 0 bridgehead atoms. The Labute approximate surface area is 157 Å². The van der Waals surface area contributed by atoms with Crippen molar-refractivity contribution in [3.05, 3.63) is 56.5 Å². The summed E-state index contributed by atoms with van der Waals surface area (Å²) in [6.07, 6.45) is 1.78. The van der Waals surface area contributed by atoms with Gasteiger partial charge < -0.3 is 15.2 Å². The van der Waals surface area contributed by atoms with Crippen LogP contribution >= 0.6 is 34.4 Å². The highest BCUT2D eigenvalue weighted by atomic mass is 127. The first-order chi connectivity index (χ1) is 11.5. The van der Waals surface area contributed by atoms with Crippen molar-refractivity contribution in [2.24, 2.45) is 4.99 Å². The number of methoxy groups -OCH3 is 1. The van der Waals surface area contributed by atoms with Crippen molar-refractivity contribution < 1.29 is 14.6 Å². The number of phenols is 1. The van der Waals surface area contributed by atoms with Crippen LogP contribution in [0.5, 0.6) is 11.5 Å². The molecular formula is C17H13IN2O3S. The third-order valence-corrected chi connectivity index (χ3v) is 5.00. The highest BCUT2D eigenvalue weighted by Crippen LogP contribution is 2.29. The summed E-state index contributed by atoms with van der Waals surface area (Å²) < 4.78 is 5.84. The minimum absolute atomic E-state index is 0.185. The summed E-state index contributed by atoms with van der Waals surface area (Å²) in [4.78, 5) is 17.1. The van der Waals surface area contributed by atoms with Gasteiger partial charge in [0.25, 0.3) is 5.91 Å². The van der Waals surface area contributed by atoms with Crippen LogP contribution in [0.15, 0.2) is 52.4 Å². The summed E-state index contributed by atoms with van der Waals surface area (Å²) >= 11 is 3.33. The molecule has 0 saturated carbocycles. The van der Waals surface area contributed by atoms with E-state index >= 15 is 0 Å². The fourth-order valence-electron chi connectivity index (χ4n) is 2.02. The molecule has 1 amide bonds. The molecule has 0 unspecified atom stereocenters. The minimum atomic E-state index is -0.185. The average molecular weight is 452 g/mol. The molecule has 3 rings (SSSR count). The zero-order valence-electron chi connectivity index (χ0n) is 12.6. The molecule has 2 aromatic rings. The molecule has 0 aromatic heterocycles. The predicted molar refractivity (Wildman–Crippen MR) is 105 cm³/mol. The molecule has 7 heteroatoms. The molecule has 1 saturated heterocycles. The smallest absolute Gasteiger partial charge is 0.264 e. The summed E-state index contributed by atoms with van der Waals surface area (Å²) in [6, 6.07) is 12.5. The number of benzene rings is 2. The van der Waals surface area contributed by atoms with E-state index in [1.807, 2.05) is 52.9 Å². The Morgan fingerprint density at radius 2 is 2.00 bits per heavy atom. The van der Waals surface area contributed by atoms with E-state index in [9.17, 15) is 9.90 Å². The van der Waals surface area contributed by atoms with E-state index in [-0.39, 0.29) is 11.7 Å². The van der Waals surface area contributed by atoms with E-state index in [0.717, 1.165) is 20.6 Å². The molecular weight excluding hydrogens is 439 g/mol. The lowest BCUT2D eigenvalue weighted by Gasteiger charge is -2.00. The van der Waals surface area contributed by atoms with Crippen molar-refractivity contribution in [1.82, 2.24) is 5.32 Å². The molecule has 0 atom stereocenters. The largest absolute Gasteiger partial charge is 0.507 e. The Morgan fingerprint density at radius 3 is 2.67 bits per heavy atom. The number of phenolic OH excluding ortho intramolecular Hbond substituents is 1. The van der Waals surface area contributed by atoms with Crippen molar-refractivity contribution in [3.8, 4) is 11.5 Å². The summed E-state index contributed by atoms with van der Waals surface area (Å²) in [5, 5.41) is 12.8. The standard InChI is InChI=1S/C17H13IN2O3S/c1-23-12-5-3-11(4-6-12)19-17-20-16(22)15(24-17)9-10-2-7-14(21)13(18)8-10/h2-9,21H,1H3,(H,19,20,22)/b15-9+. The van der Waals surface area contributed by atoms with Crippen LogP contribution in [-0.2, 0) is 4.79 Å². The lowest BCUT2D eigenvalue weighted by Crippen LogP contribution is -2.19. The average Bonchev–Trinajstić information content (AvgIpc) is 2.91. The maximum Gasteiger partial charge on any atom is 0.264 e. The number of hydrogen-bond acceptors (Lipinski definition) is 5. The van der Waals surface area contributed by atoms with Crippen LogP contribution in [0.2, 0.25) is 0 Å². The highest BCUT2D eigenvalue weighted by molar-refractivity contribution is 14.1. The Morgan fingerprint density at radius 1 is 1.25 bits per heavy atom. The first-order valence-electron chi connectivity index (χ1n) is 6.97. The zero-order valence-corrected chi connectivity index (χ0v) is 15.6. The second kappa shape index (κ2) is 7.27. The predicted octanol–water partition coefficient (Wildman–Crippen LogP) is 3.90. The van der Waals surface area contributed by atoms with Gasteiger partial charge in [0.05, 0.1) is 21.3 Å². The van der Waals surface area contributed by atoms with E-state index in [2.05, 4.69) is 10.3 Å². The van der Waals surface area contributed by atoms with Crippen molar-refractivity contribution in [2.45, 2.75) is 0 Å². The summed E-state index contributed by atoms with van der Waals surface area (Å²) in [5.74, 6) is 0.794. The van der Waals surface area contributed by atoms with Gasteiger partial charge in [-0.05, 0) is 82.4 Å². The minimum Gasteiger partial charge on any atom is -0.507 e. The van der Waals surface area contributed by atoms with Crippen LogP contribution in [0, 0.1) is 3.57 Å². The molecule has 1 heterocycles. The summed E-state index contributed by atoms with van der Waals surface area (Å²) in [5.41, 5.74) is 1.58. The molecule has 1 aliphatic heterocycles. The number of ether oxygens (including phenoxy) is 1. The highest BCUT2D eigenvalue weighted by Gasteiger charge is 2.23. The van der Waals surface area contributed by atoms with Crippen LogP contribution < -0.4 is 10.1 Å². The normalized spacial score (nSPS) is 17.3. The number of carbonyl (C=O) groups is 1. The fourth-order valence-corrected chi connectivity index (χ4v) is 3.40. The number of thioether (sulfide) groups is 1. The molecule has 0 radical (unpaired) electrons.